The van der Waals surface area contributed by atoms with Crippen LogP contribution in [0.1, 0.15) is 23.8 Å². The van der Waals surface area contributed by atoms with E-state index in [4.69, 9.17) is 4.74 Å². The van der Waals surface area contributed by atoms with Gasteiger partial charge in [-0.3, -0.25) is 4.79 Å². The third kappa shape index (κ3) is 1.96. The minimum Gasteiger partial charge on any atom is -0.378 e. The van der Waals surface area contributed by atoms with E-state index in [1.807, 2.05) is 6.92 Å². The van der Waals surface area contributed by atoms with Crippen LogP contribution in [0.2, 0.25) is 0 Å². The van der Waals surface area contributed by atoms with Gasteiger partial charge in [-0.05, 0) is 29.3 Å². The lowest BCUT2D eigenvalue weighted by molar-refractivity contribution is 0.0868. The van der Waals surface area contributed by atoms with E-state index < -0.39 is 0 Å². The lowest BCUT2D eigenvalue weighted by Gasteiger charge is -2.06. The third-order valence-electron chi connectivity index (χ3n) is 2.59. The van der Waals surface area contributed by atoms with E-state index in [1.54, 1.807) is 7.05 Å². The number of aromatic nitrogens is 3. The van der Waals surface area contributed by atoms with Crippen molar-refractivity contribution in [1.29, 1.82) is 0 Å². The molecule has 1 aliphatic rings. The van der Waals surface area contributed by atoms with Gasteiger partial charge in [-0.2, -0.15) is 0 Å². The Morgan fingerprint density at radius 1 is 1.67 bits per heavy atom. The molecule has 0 saturated carbocycles. The average Bonchev–Trinajstić information content (AvgIpc) is 2.73. The Morgan fingerprint density at radius 3 is 2.87 bits per heavy atom. The van der Waals surface area contributed by atoms with E-state index in [1.165, 1.54) is 4.68 Å². The topological polar surface area (TPSA) is 57.0 Å². The summed E-state index contributed by atoms with van der Waals surface area (Å²) in [7, 11) is 1.71. The van der Waals surface area contributed by atoms with Crippen LogP contribution in [0.25, 0.3) is 0 Å². The molecule has 1 fully saturated rings. The number of aryl methyl sites for hydroxylation is 1. The quantitative estimate of drug-likeness (QED) is 0.760. The number of ether oxygens (including phenoxy) is 1. The normalized spacial score (nSPS) is 25.8. The summed E-state index contributed by atoms with van der Waals surface area (Å²) in [6, 6.07) is 0. The smallest absolute Gasteiger partial charge is 0.189 e. The molecule has 0 aliphatic carbocycles. The van der Waals surface area contributed by atoms with E-state index in [-0.39, 0.29) is 17.8 Å². The molecule has 1 aromatic heterocycles. The van der Waals surface area contributed by atoms with Gasteiger partial charge in [0.25, 0.3) is 0 Å². The highest BCUT2D eigenvalue weighted by molar-refractivity contribution is 9.10. The molecule has 2 rings (SSSR count). The Balaban J connectivity index is 2.21. The van der Waals surface area contributed by atoms with Crippen LogP contribution >= 0.6 is 15.9 Å². The molecule has 1 aromatic rings. The zero-order valence-electron chi connectivity index (χ0n) is 8.61. The van der Waals surface area contributed by atoms with Gasteiger partial charge in [0.1, 0.15) is 5.69 Å². The summed E-state index contributed by atoms with van der Waals surface area (Å²) in [6.07, 6.45) is 0.940. The molecule has 1 saturated heterocycles. The first-order chi connectivity index (χ1) is 7.09. The first-order valence-corrected chi connectivity index (χ1v) is 5.60. The first kappa shape index (κ1) is 10.8. The van der Waals surface area contributed by atoms with Crippen LogP contribution in [0.3, 0.4) is 0 Å². The second kappa shape index (κ2) is 4.02. The number of hydrogen-bond donors (Lipinski definition) is 0. The molecule has 0 spiro atoms. The van der Waals surface area contributed by atoms with Crippen molar-refractivity contribution in [3.05, 3.63) is 10.3 Å². The van der Waals surface area contributed by atoms with Crippen molar-refractivity contribution in [2.75, 3.05) is 6.61 Å². The Morgan fingerprint density at radius 2 is 2.40 bits per heavy atom. The monoisotopic (exact) mass is 273 g/mol. The number of rotatable bonds is 2. The minimum atomic E-state index is -0.0616. The predicted octanol–water partition coefficient (Wildman–Crippen LogP) is 1.19. The van der Waals surface area contributed by atoms with Crippen molar-refractivity contribution >= 4 is 21.7 Å². The van der Waals surface area contributed by atoms with Crippen LogP contribution < -0.4 is 0 Å². The molecule has 82 valence electrons. The van der Waals surface area contributed by atoms with Crippen molar-refractivity contribution < 1.29 is 9.53 Å². The zero-order chi connectivity index (χ0) is 11.0. The summed E-state index contributed by atoms with van der Waals surface area (Å²) in [5, 5.41) is 7.58. The molecule has 2 atom stereocenters. The van der Waals surface area contributed by atoms with Gasteiger partial charge in [0, 0.05) is 13.0 Å². The number of carbonyl (C=O) groups is 1. The molecule has 15 heavy (non-hydrogen) atoms. The van der Waals surface area contributed by atoms with Crippen LogP contribution in [-0.2, 0) is 11.8 Å². The van der Waals surface area contributed by atoms with Crippen LogP contribution in [0.4, 0.5) is 0 Å². The maximum Gasteiger partial charge on any atom is 0.189 e. The van der Waals surface area contributed by atoms with Crippen LogP contribution in [-0.4, -0.2) is 33.5 Å². The highest BCUT2D eigenvalue weighted by atomic mass is 79.9. The molecule has 2 unspecified atom stereocenters. The molecular formula is C9H12BrN3O2. The van der Waals surface area contributed by atoms with E-state index in [0.717, 1.165) is 6.42 Å². The van der Waals surface area contributed by atoms with Crippen LogP contribution in [0.15, 0.2) is 4.60 Å². The van der Waals surface area contributed by atoms with Gasteiger partial charge in [0.05, 0.1) is 12.7 Å². The zero-order valence-corrected chi connectivity index (χ0v) is 10.2. The van der Waals surface area contributed by atoms with Crippen LogP contribution in [0.5, 0.6) is 0 Å². The maximum absolute atomic E-state index is 12.1. The fraction of sp³-hybridized carbons (Fsp3) is 0.667. The van der Waals surface area contributed by atoms with Gasteiger partial charge >= 0.3 is 0 Å². The molecule has 1 aliphatic heterocycles. The fourth-order valence-electron chi connectivity index (χ4n) is 1.79. The van der Waals surface area contributed by atoms with Crippen molar-refractivity contribution in [3.8, 4) is 0 Å². The van der Waals surface area contributed by atoms with Gasteiger partial charge in [0.2, 0.25) is 0 Å². The number of carbonyl (C=O) groups excluding carboxylic acids is 1. The summed E-state index contributed by atoms with van der Waals surface area (Å²) in [5.41, 5.74) is 0.526. The van der Waals surface area contributed by atoms with Gasteiger partial charge in [-0.15, -0.1) is 5.10 Å². The molecule has 0 radical (unpaired) electrons. The molecule has 0 bridgehead atoms. The number of ketones is 1. The largest absolute Gasteiger partial charge is 0.378 e. The SMILES string of the molecule is CC1CC(C(=O)c2c(Br)nnn2C)CO1. The molecule has 0 aromatic carbocycles. The lowest BCUT2D eigenvalue weighted by atomic mass is 9.99. The standard InChI is InChI=1S/C9H12BrN3O2/c1-5-3-6(4-15-5)8(14)7-9(10)11-12-13(7)2/h5-6H,3-4H2,1-2H3. The van der Waals surface area contributed by atoms with E-state index in [9.17, 15) is 4.79 Å². The Hall–Kier alpha value is -0.750. The minimum absolute atomic E-state index is 0.0544. The van der Waals surface area contributed by atoms with Crippen molar-refractivity contribution in [2.24, 2.45) is 13.0 Å². The summed E-state index contributed by atoms with van der Waals surface area (Å²) >= 11 is 3.22. The molecule has 6 heteroatoms. The van der Waals surface area contributed by atoms with Gasteiger partial charge in [-0.25, -0.2) is 4.68 Å². The molecule has 0 amide bonds. The van der Waals surface area contributed by atoms with Gasteiger partial charge < -0.3 is 4.74 Å². The number of hydrogen-bond acceptors (Lipinski definition) is 4. The molecule has 0 N–H and O–H groups in total. The average molecular weight is 274 g/mol. The second-order valence-electron chi connectivity index (χ2n) is 3.79. The highest BCUT2D eigenvalue weighted by Crippen LogP contribution is 2.25. The number of halogens is 1. The Labute approximate surface area is 95.9 Å². The predicted molar refractivity (Wildman–Crippen MR) is 56.6 cm³/mol. The van der Waals surface area contributed by atoms with E-state index in [2.05, 4.69) is 26.2 Å². The number of nitrogens with zero attached hydrogens (tertiary/aromatic N) is 3. The molecular weight excluding hydrogens is 262 g/mol. The Kier molecular flexibility index (Phi) is 2.88. The molecule has 2 heterocycles. The van der Waals surface area contributed by atoms with Crippen LogP contribution in [0, 0.1) is 5.92 Å². The first-order valence-electron chi connectivity index (χ1n) is 4.80. The van der Waals surface area contributed by atoms with Gasteiger partial charge in [-0.1, -0.05) is 5.21 Å². The maximum atomic E-state index is 12.1. The lowest BCUT2D eigenvalue weighted by Crippen LogP contribution is -2.18. The van der Waals surface area contributed by atoms with E-state index >= 15 is 0 Å². The van der Waals surface area contributed by atoms with Crippen molar-refractivity contribution in [2.45, 2.75) is 19.4 Å². The third-order valence-corrected chi connectivity index (χ3v) is 3.12. The van der Waals surface area contributed by atoms with E-state index in [0.29, 0.717) is 16.9 Å². The Bertz CT molecular complexity index is 371. The van der Waals surface area contributed by atoms with Gasteiger partial charge in [0.15, 0.2) is 10.4 Å². The highest BCUT2D eigenvalue weighted by Gasteiger charge is 2.32. The van der Waals surface area contributed by atoms with Crippen molar-refractivity contribution in [1.82, 2.24) is 15.0 Å². The van der Waals surface area contributed by atoms with Crippen molar-refractivity contribution in [3.63, 3.8) is 0 Å². The number of Topliss-reactive ketones (excluding diaryl/α,β-unsaturated/α-hetero) is 1. The summed E-state index contributed by atoms with van der Waals surface area (Å²) in [4.78, 5) is 12.1. The summed E-state index contributed by atoms with van der Waals surface area (Å²) in [5.74, 6) is -0.00720. The fourth-order valence-corrected chi connectivity index (χ4v) is 2.31. The second-order valence-corrected chi connectivity index (χ2v) is 4.54. The summed E-state index contributed by atoms with van der Waals surface area (Å²) in [6.45, 7) is 2.47. The molecule has 5 nitrogen and oxygen atoms in total. The summed E-state index contributed by atoms with van der Waals surface area (Å²) < 4.78 is 7.38.